The van der Waals surface area contributed by atoms with Crippen LogP contribution >= 0.6 is 43.5 Å². The first kappa shape index (κ1) is 28.6. The van der Waals surface area contributed by atoms with E-state index in [1.54, 1.807) is 0 Å². The largest absolute Gasteiger partial charge is 0.296 e. The smallest absolute Gasteiger partial charge is 0.159 e. The van der Waals surface area contributed by atoms with E-state index in [0.29, 0.717) is 27.1 Å². The molecule has 1 atom stereocenters. The Hall–Kier alpha value is -0.630. The lowest BCUT2D eigenvalue weighted by molar-refractivity contribution is 0.259. The van der Waals surface area contributed by atoms with Crippen LogP contribution in [0.15, 0.2) is 33.2 Å². The summed E-state index contributed by atoms with van der Waals surface area (Å²) >= 11 is 11.8. The zero-order valence-corrected chi connectivity index (χ0v) is 22.8. The van der Waals surface area contributed by atoms with Crippen LogP contribution in [0.2, 0.25) is 0 Å². The maximum Gasteiger partial charge on any atom is 0.159 e. The van der Waals surface area contributed by atoms with Gasteiger partial charge in [0.15, 0.2) is 23.3 Å². The van der Waals surface area contributed by atoms with E-state index >= 15 is 0 Å². The predicted octanol–water partition coefficient (Wildman–Crippen LogP) is 9.37. The van der Waals surface area contributed by atoms with Crippen LogP contribution in [0.25, 0.3) is 0 Å². The third-order valence-electron chi connectivity index (χ3n) is 6.03. The van der Waals surface area contributed by atoms with E-state index in [1.807, 2.05) is 0 Å². The Morgan fingerprint density at radius 2 is 1.27 bits per heavy atom. The topological polar surface area (TPSA) is 3.24 Å². The van der Waals surface area contributed by atoms with E-state index in [2.05, 4.69) is 50.6 Å². The Balaban J connectivity index is 0.000000195. The molecule has 1 unspecified atom stereocenters. The minimum atomic E-state index is -0.871. The summed E-state index contributed by atoms with van der Waals surface area (Å²) in [6.07, 6.45) is 8.31. The van der Waals surface area contributed by atoms with Gasteiger partial charge >= 0.3 is 0 Å². The Labute approximate surface area is 216 Å². The molecule has 1 nitrogen and oxygen atoms in total. The Morgan fingerprint density at radius 3 is 1.70 bits per heavy atom. The molecule has 0 amide bonds. The number of benzene rings is 2. The van der Waals surface area contributed by atoms with Crippen molar-refractivity contribution in [1.82, 2.24) is 4.90 Å². The monoisotopic (exact) mass is 613 g/mol. The van der Waals surface area contributed by atoms with Crippen molar-refractivity contribution in [3.05, 3.63) is 67.6 Å². The van der Waals surface area contributed by atoms with Gasteiger partial charge in [0.1, 0.15) is 0 Å². The molecule has 184 valence electrons. The fourth-order valence-corrected chi connectivity index (χ4v) is 5.21. The van der Waals surface area contributed by atoms with Crippen LogP contribution in [-0.2, 0) is 12.4 Å². The Bertz CT molecular complexity index is 906. The van der Waals surface area contributed by atoms with Gasteiger partial charge in [0.25, 0.3) is 0 Å². The highest BCUT2D eigenvalue weighted by Gasteiger charge is 2.21. The van der Waals surface area contributed by atoms with E-state index < -0.39 is 23.3 Å². The molecule has 0 bridgehead atoms. The summed E-state index contributed by atoms with van der Waals surface area (Å²) in [5.41, 5.74) is 1.36. The summed E-state index contributed by atoms with van der Waals surface area (Å²) in [5, 5.41) is 0. The van der Waals surface area contributed by atoms with Crippen LogP contribution in [0.5, 0.6) is 0 Å². The molecule has 0 radical (unpaired) electrons. The van der Waals surface area contributed by atoms with E-state index in [0.717, 1.165) is 30.2 Å². The molecule has 1 aliphatic carbocycles. The van der Waals surface area contributed by atoms with Gasteiger partial charge in [0.05, 0.1) is 0 Å². The molecule has 2 aromatic carbocycles. The predicted molar refractivity (Wildman–Crippen MR) is 134 cm³/mol. The molecular formula is C25H30Br2ClF4N. The molecular weight excluding hydrogens is 586 g/mol. The highest BCUT2D eigenvalue weighted by Crippen LogP contribution is 2.26. The maximum absolute atomic E-state index is 13.1. The highest BCUT2D eigenvalue weighted by molar-refractivity contribution is 9.10. The molecule has 33 heavy (non-hydrogen) atoms. The van der Waals surface area contributed by atoms with Gasteiger partial charge in [-0.1, -0.05) is 64.5 Å². The van der Waals surface area contributed by atoms with Crippen LogP contribution in [0.3, 0.4) is 0 Å². The highest BCUT2D eigenvalue weighted by atomic mass is 79.9. The van der Waals surface area contributed by atoms with Gasteiger partial charge in [0, 0.05) is 27.4 Å². The second-order valence-electron chi connectivity index (χ2n) is 8.70. The second kappa shape index (κ2) is 14.1. The van der Waals surface area contributed by atoms with Crippen LogP contribution in [0.4, 0.5) is 17.6 Å². The Morgan fingerprint density at radius 1 is 0.788 bits per heavy atom. The number of likely N-dealkylation sites (tertiary alicyclic amines) is 1. The van der Waals surface area contributed by atoms with E-state index in [9.17, 15) is 17.6 Å². The first-order chi connectivity index (χ1) is 15.6. The maximum atomic E-state index is 13.1. The summed E-state index contributed by atoms with van der Waals surface area (Å²) in [5.74, 6) is -2.10. The number of halogens is 7. The molecule has 2 aliphatic rings. The molecule has 4 rings (SSSR count). The lowest BCUT2D eigenvalue weighted by atomic mass is 10.2. The van der Waals surface area contributed by atoms with Crippen LogP contribution in [-0.4, -0.2) is 17.5 Å². The lowest BCUT2D eigenvalue weighted by Gasteiger charge is -2.21. The minimum absolute atomic E-state index is 0.164. The SMILES string of the molecule is CC1CCCC1.CC1CCCN1Cc1cc(F)c(F)cc1Br.Fc1cc(Br)c(CCl)cc1F. The standard InChI is InChI=1S/C12H14BrF2N.C7H4BrClF2.C6H12/c1-8-3-2-4-16(8)7-9-5-11(14)12(15)6-10(9)13;8-5-2-7(11)6(10)1-4(5)3-9;1-6-4-2-3-5-6/h5-6,8H,2-4,7H2,1H3;1-2H,3H2;6H,2-5H2,1H3. The number of nitrogens with zero attached hydrogens (tertiary/aromatic N) is 1. The second-order valence-corrected chi connectivity index (χ2v) is 10.7. The van der Waals surface area contributed by atoms with E-state index in [-0.39, 0.29) is 5.88 Å². The fraction of sp³-hybridized carbons (Fsp3) is 0.520. The van der Waals surface area contributed by atoms with Crippen molar-refractivity contribution in [1.29, 1.82) is 0 Å². The van der Waals surface area contributed by atoms with Gasteiger partial charge in [-0.3, -0.25) is 4.90 Å². The van der Waals surface area contributed by atoms with Crippen LogP contribution in [0, 0.1) is 29.2 Å². The summed E-state index contributed by atoms with van der Waals surface area (Å²) in [7, 11) is 0. The van der Waals surface area contributed by atoms with Crippen molar-refractivity contribution >= 4 is 43.5 Å². The summed E-state index contributed by atoms with van der Waals surface area (Å²) in [6, 6.07) is 5.15. The first-order valence-corrected chi connectivity index (χ1v) is 13.3. The molecule has 0 aromatic heterocycles. The van der Waals surface area contributed by atoms with Gasteiger partial charge < -0.3 is 0 Å². The van der Waals surface area contributed by atoms with Gasteiger partial charge in [0.2, 0.25) is 0 Å². The quantitative estimate of drug-likeness (QED) is 0.189. The molecule has 2 fully saturated rings. The molecule has 1 saturated heterocycles. The van der Waals surface area contributed by atoms with Crippen molar-refractivity contribution in [3.8, 4) is 0 Å². The first-order valence-electron chi connectivity index (χ1n) is 11.2. The van der Waals surface area contributed by atoms with Crippen LogP contribution in [0.1, 0.15) is 63.5 Å². The van der Waals surface area contributed by atoms with Gasteiger partial charge in [-0.05, 0) is 67.6 Å². The summed E-state index contributed by atoms with van der Waals surface area (Å²) < 4.78 is 52.1. The molecule has 2 aromatic rings. The molecule has 0 N–H and O–H groups in total. The van der Waals surface area contributed by atoms with Crippen molar-refractivity contribution in [3.63, 3.8) is 0 Å². The molecule has 8 heteroatoms. The van der Waals surface area contributed by atoms with Gasteiger partial charge in [-0.15, -0.1) is 11.6 Å². The van der Waals surface area contributed by atoms with Crippen molar-refractivity contribution < 1.29 is 17.6 Å². The zero-order valence-electron chi connectivity index (χ0n) is 18.9. The van der Waals surface area contributed by atoms with Gasteiger partial charge in [-0.25, -0.2) is 17.6 Å². The number of hydrogen-bond donors (Lipinski definition) is 0. The van der Waals surface area contributed by atoms with Crippen molar-refractivity contribution in [2.75, 3.05) is 6.54 Å². The van der Waals surface area contributed by atoms with Crippen molar-refractivity contribution in [2.24, 2.45) is 5.92 Å². The van der Waals surface area contributed by atoms with Crippen LogP contribution < -0.4 is 0 Å². The molecule has 1 heterocycles. The average Bonchev–Trinajstić information content (AvgIpc) is 3.41. The fourth-order valence-electron chi connectivity index (χ4n) is 3.93. The Kier molecular flexibility index (Phi) is 12.2. The third kappa shape index (κ3) is 9.15. The minimum Gasteiger partial charge on any atom is -0.296 e. The summed E-state index contributed by atoms with van der Waals surface area (Å²) in [6.45, 7) is 6.22. The number of hydrogen-bond acceptors (Lipinski definition) is 1. The molecule has 1 aliphatic heterocycles. The third-order valence-corrected chi connectivity index (χ3v) is 7.79. The number of alkyl halides is 1. The van der Waals surface area contributed by atoms with E-state index in [4.69, 9.17) is 11.6 Å². The summed E-state index contributed by atoms with van der Waals surface area (Å²) in [4.78, 5) is 2.29. The average molecular weight is 616 g/mol. The lowest BCUT2D eigenvalue weighted by Crippen LogP contribution is -2.26. The molecule has 0 spiro atoms. The van der Waals surface area contributed by atoms with Gasteiger partial charge in [-0.2, -0.15) is 0 Å². The molecule has 1 saturated carbocycles. The van der Waals surface area contributed by atoms with Crippen molar-refractivity contribution in [2.45, 2.75) is 70.8 Å². The normalized spacial score (nSPS) is 18.5. The van der Waals surface area contributed by atoms with E-state index in [1.165, 1.54) is 50.7 Å². The number of rotatable bonds is 3. The zero-order chi connectivity index (χ0) is 24.5.